The topological polar surface area (TPSA) is 26.4 Å². The zero-order valence-corrected chi connectivity index (χ0v) is 19.4. The Morgan fingerprint density at radius 3 is 2.00 bits per heavy atom. The van der Waals surface area contributed by atoms with Crippen molar-refractivity contribution in [2.45, 2.75) is 94.3 Å². The van der Waals surface area contributed by atoms with Crippen LogP contribution in [-0.2, 0) is 15.7 Å². The molecular weight excluding hydrogens is 347 g/mol. The van der Waals surface area contributed by atoms with Gasteiger partial charge in [-0.15, -0.1) is 0 Å². The lowest BCUT2D eigenvalue weighted by molar-refractivity contribution is -0.389. The molecule has 0 N–H and O–H groups in total. The molecule has 0 unspecified atom stereocenters. The van der Waals surface area contributed by atoms with Gasteiger partial charge in [-0.25, -0.2) is 0 Å². The smallest absolute Gasteiger partial charge is 0.481 e. The minimum absolute atomic E-state index is 0.0388. The van der Waals surface area contributed by atoms with E-state index < -0.39 is 6.82 Å². The van der Waals surface area contributed by atoms with E-state index in [1.165, 1.54) is 45.1 Å². The van der Waals surface area contributed by atoms with Crippen LogP contribution in [0.15, 0.2) is 16.8 Å². The number of fused-ring (bicyclic) bond motifs is 2. The van der Waals surface area contributed by atoms with E-state index in [9.17, 15) is 0 Å². The van der Waals surface area contributed by atoms with Crippen LogP contribution in [0.25, 0.3) is 6.08 Å². The highest BCUT2D eigenvalue weighted by Gasteiger charge is 2.56. The van der Waals surface area contributed by atoms with Gasteiger partial charge in [-0.05, 0) is 78.1 Å². The molecule has 0 radical (unpaired) electrons. The summed E-state index contributed by atoms with van der Waals surface area (Å²) in [6.07, 6.45) is 4.44. The summed E-state index contributed by atoms with van der Waals surface area (Å²) in [7, 11) is 0. The van der Waals surface area contributed by atoms with E-state index in [1.807, 2.05) is 0 Å². The molecule has 0 aromatic carbocycles. The quantitative estimate of drug-likeness (QED) is 0.617. The number of allylic oxidation sites excluding steroid dienone is 2. The van der Waals surface area contributed by atoms with Crippen LogP contribution in [0.5, 0.6) is 0 Å². The number of rotatable bonds is 6. The Morgan fingerprint density at radius 1 is 0.964 bits per heavy atom. The van der Waals surface area contributed by atoms with Crippen molar-refractivity contribution in [3.8, 4) is 0 Å². The average Bonchev–Trinajstić information content (AvgIpc) is 2.98. The van der Waals surface area contributed by atoms with E-state index in [0.29, 0.717) is 0 Å². The summed E-state index contributed by atoms with van der Waals surface area (Å²) in [4.78, 5) is 0. The molecule has 0 spiro atoms. The highest BCUT2D eigenvalue weighted by molar-refractivity contribution is 6.59. The summed E-state index contributed by atoms with van der Waals surface area (Å²) in [6.45, 7) is 19.9. The maximum atomic E-state index is 6.78. The van der Waals surface area contributed by atoms with Gasteiger partial charge in [-0.3, -0.25) is 0 Å². The maximum absolute atomic E-state index is 6.78. The minimum atomic E-state index is -1.90. The molecule has 2 aliphatic heterocycles. The van der Waals surface area contributed by atoms with Crippen molar-refractivity contribution >= 4 is 18.6 Å². The van der Waals surface area contributed by atoms with Crippen molar-refractivity contribution in [1.29, 1.82) is 0 Å². The van der Waals surface area contributed by atoms with E-state index in [4.69, 9.17) is 9.31 Å². The summed E-state index contributed by atoms with van der Waals surface area (Å²) in [5, 5.41) is 0. The molecule has 4 nitrogen and oxygen atoms in total. The molecule has 28 heavy (non-hydrogen) atoms. The first-order chi connectivity index (χ1) is 13.1. The van der Waals surface area contributed by atoms with E-state index in [-0.39, 0.29) is 12.2 Å². The molecule has 0 saturated heterocycles. The van der Waals surface area contributed by atoms with Gasteiger partial charge in [0.2, 0.25) is 0 Å². The fraction of sp³-hybridized carbons (Fsp3) is 0.609. The predicted octanol–water partition coefficient (Wildman–Crippen LogP) is 5.37. The Labute approximate surface area is 170 Å². The van der Waals surface area contributed by atoms with Crippen molar-refractivity contribution in [3.05, 3.63) is 39.4 Å². The molecule has 0 fully saturated rings. The Morgan fingerprint density at radius 2 is 1.54 bits per heavy atom. The highest BCUT2D eigenvalue weighted by Crippen LogP contribution is 2.41. The van der Waals surface area contributed by atoms with Gasteiger partial charge in [-0.2, -0.15) is 0 Å². The zero-order valence-electron chi connectivity index (χ0n) is 19.4. The lowest BCUT2D eigenvalue weighted by Crippen LogP contribution is -2.64. The van der Waals surface area contributed by atoms with Gasteiger partial charge in [0.15, 0.2) is 5.70 Å². The number of nitrogens with zero attached hydrogens (tertiary/aromatic N) is 2. The van der Waals surface area contributed by atoms with Gasteiger partial charge in [-0.1, -0.05) is 13.8 Å². The molecule has 0 atom stereocenters. The van der Waals surface area contributed by atoms with Gasteiger partial charge in [0.1, 0.15) is 5.71 Å². The third kappa shape index (κ3) is 2.86. The van der Waals surface area contributed by atoms with Gasteiger partial charge < -0.3 is 18.3 Å². The third-order valence-electron chi connectivity index (χ3n) is 6.32. The lowest BCUT2D eigenvalue weighted by atomic mass is 9.80. The first-order valence-electron chi connectivity index (χ1n) is 10.9. The molecule has 0 aliphatic carbocycles. The highest BCUT2D eigenvalue weighted by atomic mass is 16.6. The molecule has 5 heteroatoms. The Bertz CT molecular complexity index is 890. The van der Waals surface area contributed by atoms with Crippen LogP contribution in [-0.4, -0.2) is 33.7 Å². The van der Waals surface area contributed by atoms with Crippen LogP contribution >= 0.6 is 0 Å². The Kier molecular flexibility index (Phi) is 5.54. The van der Waals surface area contributed by atoms with Gasteiger partial charge in [0, 0.05) is 42.0 Å². The van der Waals surface area contributed by atoms with Gasteiger partial charge >= 0.3 is 6.82 Å². The molecule has 0 amide bonds. The molecule has 1 aromatic rings. The van der Waals surface area contributed by atoms with Crippen molar-refractivity contribution in [3.63, 3.8) is 0 Å². The molecular formula is C23H37BN2O2. The van der Waals surface area contributed by atoms with Crippen molar-refractivity contribution in [1.82, 2.24) is 4.48 Å². The number of aromatic nitrogens is 1. The standard InChI is InChI=1S/C23H37BN2O2/c1-11-20-16(7)22-13-23-17(8)21(12-2)19(10)26(23)24(27-14(3)4,28-15(5)6)25(22)18(20)9/h13-15H,11-12H2,1-10H3. The van der Waals surface area contributed by atoms with Gasteiger partial charge in [0.25, 0.3) is 0 Å². The normalized spacial score (nSPS) is 18.4. The number of hydrogen-bond acceptors (Lipinski definition) is 2. The molecule has 3 rings (SSSR count). The SMILES string of the molecule is CCC1=C(C)C2=Cc3c(C)c(CC)c(C)n3[B-](OC(C)C)(OC(C)C)[N+]2=C1C. The Balaban J connectivity index is 2.46. The minimum Gasteiger partial charge on any atom is -0.481 e. The maximum Gasteiger partial charge on any atom is 0.666 e. The van der Waals surface area contributed by atoms with Gasteiger partial charge in [0.05, 0.1) is 0 Å². The fourth-order valence-corrected chi connectivity index (χ4v) is 5.33. The molecule has 2 aliphatic rings. The van der Waals surface area contributed by atoms with Crippen molar-refractivity contribution in [2.24, 2.45) is 0 Å². The second-order valence-corrected chi connectivity index (χ2v) is 8.74. The third-order valence-corrected chi connectivity index (χ3v) is 6.32. The largest absolute Gasteiger partial charge is 0.666 e. The first-order valence-corrected chi connectivity index (χ1v) is 10.9. The summed E-state index contributed by atoms with van der Waals surface area (Å²) in [5.74, 6) is 0. The van der Waals surface area contributed by atoms with Crippen LogP contribution in [0.4, 0.5) is 0 Å². The monoisotopic (exact) mass is 384 g/mol. The molecule has 3 heterocycles. The second-order valence-electron chi connectivity index (χ2n) is 8.74. The molecule has 0 saturated carbocycles. The first kappa shape index (κ1) is 21.1. The van der Waals surface area contributed by atoms with Crippen LogP contribution in [0.1, 0.15) is 84.3 Å². The summed E-state index contributed by atoms with van der Waals surface area (Å²) >= 11 is 0. The van der Waals surface area contributed by atoms with Crippen molar-refractivity contribution < 1.29 is 13.8 Å². The predicted molar refractivity (Wildman–Crippen MR) is 119 cm³/mol. The zero-order chi connectivity index (χ0) is 21.0. The van der Waals surface area contributed by atoms with Crippen LogP contribution < -0.4 is 0 Å². The fourth-order valence-electron chi connectivity index (χ4n) is 5.33. The van der Waals surface area contributed by atoms with E-state index >= 15 is 0 Å². The summed E-state index contributed by atoms with van der Waals surface area (Å²) in [6, 6.07) is 0. The van der Waals surface area contributed by atoms with Crippen molar-refractivity contribution in [2.75, 3.05) is 0 Å². The average molecular weight is 384 g/mol. The van der Waals surface area contributed by atoms with E-state index in [2.05, 4.69) is 84.3 Å². The second kappa shape index (κ2) is 7.35. The molecule has 0 bridgehead atoms. The van der Waals surface area contributed by atoms with Crippen LogP contribution in [0, 0.1) is 13.8 Å². The lowest BCUT2D eigenvalue weighted by Gasteiger charge is -2.44. The number of hydrogen-bond donors (Lipinski definition) is 0. The van der Waals surface area contributed by atoms with E-state index in [1.54, 1.807) is 0 Å². The van der Waals surface area contributed by atoms with Crippen LogP contribution in [0.2, 0.25) is 0 Å². The summed E-state index contributed by atoms with van der Waals surface area (Å²) in [5.41, 5.74) is 10.4. The molecule has 1 aromatic heterocycles. The summed E-state index contributed by atoms with van der Waals surface area (Å²) < 4.78 is 18.3. The molecule has 154 valence electrons. The Hall–Kier alpha value is -1.59. The van der Waals surface area contributed by atoms with Crippen LogP contribution in [0.3, 0.4) is 0 Å². The van der Waals surface area contributed by atoms with E-state index in [0.717, 1.165) is 12.8 Å².